The molecule has 0 aliphatic rings. The molecule has 1 amide bonds. The second kappa shape index (κ2) is 9.09. The molecule has 0 radical (unpaired) electrons. The van der Waals surface area contributed by atoms with E-state index in [0.717, 1.165) is 24.3 Å². The number of ether oxygens (including phenoxy) is 1. The third-order valence-electron chi connectivity index (χ3n) is 3.24. The summed E-state index contributed by atoms with van der Waals surface area (Å²) in [7, 11) is 0. The number of carbonyl (C=O) groups is 2. The molecule has 0 aliphatic heterocycles. The third kappa shape index (κ3) is 6.04. The summed E-state index contributed by atoms with van der Waals surface area (Å²) in [4.78, 5) is 24.5. The van der Waals surface area contributed by atoms with Gasteiger partial charge in [-0.05, 0) is 36.4 Å². The van der Waals surface area contributed by atoms with E-state index in [-0.39, 0.29) is 11.3 Å². The number of hydrogen-bond acceptors (Lipinski definition) is 5. The van der Waals surface area contributed by atoms with Crippen LogP contribution in [0.1, 0.15) is 15.9 Å². The maximum Gasteiger partial charge on any atom is 0.416 e. The molecule has 2 aromatic carbocycles. The summed E-state index contributed by atoms with van der Waals surface area (Å²) in [5, 5.41) is 11.2. The number of alkyl halides is 3. The molecule has 0 saturated heterocycles. The molecule has 2 aromatic rings. The normalized spacial score (nSPS) is 10.7. The molecule has 5 nitrogen and oxygen atoms in total. The summed E-state index contributed by atoms with van der Waals surface area (Å²) in [6, 6.07) is 12.3. The van der Waals surface area contributed by atoms with E-state index in [9.17, 15) is 22.8 Å². The van der Waals surface area contributed by atoms with Crippen LogP contribution in [0.2, 0.25) is 0 Å². The van der Waals surface area contributed by atoms with Gasteiger partial charge in [-0.15, -0.1) is 11.8 Å². The Morgan fingerprint density at radius 3 is 2.41 bits per heavy atom. The standard InChI is InChI=1S/C18H13F3N2O3S/c19-18(20,21)13-7-5-12(6-8-13)17(25)26-11-16(24)23-14-3-1-2-4-15(14)27-10-9-22/h1-8H,10-11H2,(H,23,24). The number of amides is 1. The van der Waals surface area contributed by atoms with E-state index in [1.807, 2.05) is 6.07 Å². The van der Waals surface area contributed by atoms with E-state index in [4.69, 9.17) is 10.00 Å². The van der Waals surface area contributed by atoms with Gasteiger partial charge < -0.3 is 10.1 Å². The average molecular weight is 394 g/mol. The largest absolute Gasteiger partial charge is 0.452 e. The van der Waals surface area contributed by atoms with Crippen molar-refractivity contribution in [1.29, 1.82) is 5.26 Å². The summed E-state index contributed by atoms with van der Waals surface area (Å²) in [5.74, 6) is -1.32. The fourth-order valence-electron chi connectivity index (χ4n) is 2.00. The Labute approximate surface area is 157 Å². The minimum absolute atomic E-state index is 0.0965. The maximum absolute atomic E-state index is 12.5. The van der Waals surface area contributed by atoms with Gasteiger partial charge in [0.05, 0.1) is 28.6 Å². The topological polar surface area (TPSA) is 79.2 Å². The van der Waals surface area contributed by atoms with E-state index in [0.29, 0.717) is 10.6 Å². The quantitative estimate of drug-likeness (QED) is 0.589. The van der Waals surface area contributed by atoms with Crippen LogP contribution in [0.5, 0.6) is 0 Å². The fourth-order valence-corrected chi connectivity index (χ4v) is 2.67. The van der Waals surface area contributed by atoms with Gasteiger partial charge in [-0.25, -0.2) is 4.79 Å². The van der Waals surface area contributed by atoms with Gasteiger partial charge in [0.1, 0.15) is 0 Å². The maximum atomic E-state index is 12.5. The number of para-hydroxylation sites is 1. The summed E-state index contributed by atoms with van der Waals surface area (Å²) in [5.41, 5.74) is -0.516. The zero-order valence-corrected chi connectivity index (χ0v) is 14.6. The van der Waals surface area contributed by atoms with Crippen molar-refractivity contribution in [3.8, 4) is 6.07 Å². The second-order valence-electron chi connectivity index (χ2n) is 5.14. The van der Waals surface area contributed by atoms with Crippen molar-refractivity contribution in [1.82, 2.24) is 0 Å². The van der Waals surface area contributed by atoms with Crippen LogP contribution in [-0.2, 0) is 15.7 Å². The predicted molar refractivity (Wildman–Crippen MR) is 93.1 cm³/mol. The van der Waals surface area contributed by atoms with Crippen molar-refractivity contribution >= 4 is 29.3 Å². The Kier molecular flexibility index (Phi) is 6.85. The van der Waals surface area contributed by atoms with Crippen LogP contribution in [0.15, 0.2) is 53.4 Å². The van der Waals surface area contributed by atoms with Gasteiger partial charge >= 0.3 is 12.1 Å². The first-order valence-corrected chi connectivity index (χ1v) is 8.53. The molecule has 27 heavy (non-hydrogen) atoms. The average Bonchev–Trinajstić information content (AvgIpc) is 2.65. The highest BCUT2D eigenvalue weighted by Crippen LogP contribution is 2.29. The summed E-state index contributed by atoms with van der Waals surface area (Å²) >= 11 is 1.24. The Bertz CT molecular complexity index is 861. The first-order valence-electron chi connectivity index (χ1n) is 7.54. The molecule has 0 unspecified atom stereocenters. The van der Waals surface area contributed by atoms with Crippen LogP contribution in [0.3, 0.4) is 0 Å². The van der Waals surface area contributed by atoms with Gasteiger partial charge in [-0.1, -0.05) is 12.1 Å². The molecule has 0 aromatic heterocycles. The van der Waals surface area contributed by atoms with Crippen molar-refractivity contribution in [2.24, 2.45) is 0 Å². The highest BCUT2D eigenvalue weighted by atomic mass is 32.2. The number of esters is 1. The minimum Gasteiger partial charge on any atom is -0.452 e. The van der Waals surface area contributed by atoms with Crippen LogP contribution in [0.4, 0.5) is 18.9 Å². The van der Waals surface area contributed by atoms with E-state index < -0.39 is 30.2 Å². The molecular formula is C18H13F3N2O3S. The van der Waals surface area contributed by atoms with Crippen molar-refractivity contribution in [2.75, 3.05) is 17.7 Å². The fraction of sp³-hybridized carbons (Fsp3) is 0.167. The number of rotatable bonds is 6. The molecule has 0 atom stereocenters. The van der Waals surface area contributed by atoms with Crippen molar-refractivity contribution < 1.29 is 27.5 Å². The van der Waals surface area contributed by atoms with Gasteiger partial charge in [0.25, 0.3) is 5.91 Å². The number of anilines is 1. The van der Waals surface area contributed by atoms with Crippen molar-refractivity contribution in [2.45, 2.75) is 11.1 Å². The van der Waals surface area contributed by atoms with E-state index in [1.165, 1.54) is 11.8 Å². The zero-order valence-electron chi connectivity index (χ0n) is 13.7. The first kappa shape index (κ1) is 20.3. The summed E-state index contributed by atoms with van der Waals surface area (Å²) in [6.45, 7) is -0.600. The number of hydrogen-bond donors (Lipinski definition) is 1. The molecule has 0 bridgehead atoms. The van der Waals surface area contributed by atoms with Crippen LogP contribution in [-0.4, -0.2) is 24.2 Å². The van der Waals surface area contributed by atoms with E-state index >= 15 is 0 Å². The molecule has 0 heterocycles. The van der Waals surface area contributed by atoms with Crippen molar-refractivity contribution in [3.05, 3.63) is 59.7 Å². The lowest BCUT2D eigenvalue weighted by molar-refractivity contribution is -0.137. The van der Waals surface area contributed by atoms with Crippen LogP contribution >= 0.6 is 11.8 Å². The number of carbonyl (C=O) groups excluding carboxylic acids is 2. The van der Waals surface area contributed by atoms with E-state index in [1.54, 1.807) is 24.3 Å². The second-order valence-corrected chi connectivity index (χ2v) is 6.16. The Balaban J connectivity index is 1.92. The number of halogens is 3. The molecule has 0 fully saturated rings. The predicted octanol–water partition coefficient (Wildman–Crippen LogP) is 4.12. The van der Waals surface area contributed by atoms with Crippen LogP contribution in [0.25, 0.3) is 0 Å². The lowest BCUT2D eigenvalue weighted by atomic mass is 10.1. The summed E-state index contributed by atoms with van der Waals surface area (Å²) in [6.07, 6.45) is -4.50. The molecule has 0 spiro atoms. The lowest BCUT2D eigenvalue weighted by Crippen LogP contribution is -2.21. The highest BCUT2D eigenvalue weighted by molar-refractivity contribution is 7.99. The first-order chi connectivity index (χ1) is 12.8. The number of benzene rings is 2. The number of thioether (sulfide) groups is 1. The Hall–Kier alpha value is -2.99. The minimum atomic E-state index is -4.50. The molecule has 2 rings (SSSR count). The number of nitrogens with zero attached hydrogens (tertiary/aromatic N) is 1. The van der Waals surface area contributed by atoms with Crippen molar-refractivity contribution in [3.63, 3.8) is 0 Å². The molecule has 0 saturated carbocycles. The van der Waals surface area contributed by atoms with Gasteiger partial charge in [0.15, 0.2) is 6.61 Å². The van der Waals surface area contributed by atoms with Gasteiger partial charge in [-0.2, -0.15) is 18.4 Å². The molecule has 9 heteroatoms. The number of nitrogens with one attached hydrogen (secondary N) is 1. The SMILES string of the molecule is N#CCSc1ccccc1NC(=O)COC(=O)c1ccc(C(F)(F)F)cc1. The Morgan fingerprint density at radius 2 is 1.78 bits per heavy atom. The molecular weight excluding hydrogens is 381 g/mol. The van der Waals surface area contributed by atoms with E-state index in [2.05, 4.69) is 5.32 Å². The lowest BCUT2D eigenvalue weighted by Gasteiger charge is -2.10. The number of nitriles is 1. The van der Waals surface area contributed by atoms with Gasteiger partial charge in [-0.3, -0.25) is 4.79 Å². The molecule has 0 aliphatic carbocycles. The van der Waals surface area contributed by atoms with Crippen LogP contribution in [0, 0.1) is 11.3 Å². The Morgan fingerprint density at radius 1 is 1.11 bits per heavy atom. The van der Waals surface area contributed by atoms with Gasteiger partial charge in [0, 0.05) is 4.90 Å². The molecule has 1 N–H and O–H groups in total. The smallest absolute Gasteiger partial charge is 0.416 e. The zero-order chi connectivity index (χ0) is 19.9. The van der Waals surface area contributed by atoms with Gasteiger partial charge in [0.2, 0.25) is 0 Å². The monoisotopic (exact) mass is 394 g/mol. The molecule has 140 valence electrons. The van der Waals surface area contributed by atoms with Crippen LogP contribution < -0.4 is 5.32 Å². The third-order valence-corrected chi connectivity index (χ3v) is 4.18. The summed E-state index contributed by atoms with van der Waals surface area (Å²) < 4.78 is 42.3. The highest BCUT2D eigenvalue weighted by Gasteiger charge is 2.30.